The van der Waals surface area contributed by atoms with E-state index in [1.807, 2.05) is 0 Å². The Morgan fingerprint density at radius 2 is 2.18 bits per heavy atom. The number of methoxy groups -OCH3 is 1. The van der Waals surface area contributed by atoms with Gasteiger partial charge >= 0.3 is 5.97 Å². The number of hydrogen-bond acceptors (Lipinski definition) is 4. The molecule has 5 heteroatoms. The minimum absolute atomic E-state index is 0.177. The lowest BCUT2D eigenvalue weighted by atomic mass is 10.1. The third-order valence-corrected chi connectivity index (χ3v) is 1.20. The molecule has 0 radical (unpaired) electrons. The van der Waals surface area contributed by atoms with Crippen LogP contribution in [0, 0.1) is 5.92 Å². The van der Waals surface area contributed by atoms with Crippen LogP contribution in [0.5, 0.6) is 0 Å². The molecule has 1 amide bonds. The van der Waals surface area contributed by atoms with E-state index in [0.717, 1.165) is 0 Å². The Labute approximate surface area is 64.1 Å². The van der Waals surface area contributed by atoms with E-state index in [9.17, 15) is 9.59 Å². The molecule has 1 unspecified atom stereocenters. The Balaban J connectivity index is 3.94. The van der Waals surface area contributed by atoms with Crippen molar-refractivity contribution in [2.45, 2.75) is 6.42 Å². The average molecular weight is 161 g/mol. The highest BCUT2D eigenvalue weighted by Crippen LogP contribution is 2.02. The lowest BCUT2D eigenvalue weighted by molar-refractivity contribution is -0.148. The molecule has 0 aromatic carbocycles. The molecule has 5 nitrogen and oxygen atoms in total. The molecule has 1 atom stereocenters. The fourth-order valence-electron chi connectivity index (χ4n) is 0.632. The summed E-state index contributed by atoms with van der Waals surface area (Å²) in [6.45, 7) is -0.421. The second kappa shape index (κ2) is 4.68. The van der Waals surface area contributed by atoms with Gasteiger partial charge in [0.2, 0.25) is 5.91 Å². The van der Waals surface area contributed by atoms with Crippen molar-refractivity contribution in [2.75, 3.05) is 13.7 Å². The molecule has 0 heterocycles. The lowest BCUT2D eigenvalue weighted by Crippen LogP contribution is -2.26. The molecule has 0 aromatic rings. The quantitative estimate of drug-likeness (QED) is 0.498. The van der Waals surface area contributed by atoms with E-state index < -0.39 is 24.4 Å². The van der Waals surface area contributed by atoms with Crippen molar-refractivity contribution in [3.8, 4) is 0 Å². The van der Waals surface area contributed by atoms with Crippen LogP contribution in [0.1, 0.15) is 6.42 Å². The molecule has 0 saturated heterocycles. The molecule has 11 heavy (non-hydrogen) atoms. The van der Waals surface area contributed by atoms with Crippen LogP contribution in [0.4, 0.5) is 0 Å². The molecule has 0 aliphatic rings. The number of amides is 1. The van der Waals surface area contributed by atoms with Crippen molar-refractivity contribution in [1.29, 1.82) is 0 Å². The molecule has 0 rings (SSSR count). The predicted molar refractivity (Wildman–Crippen MR) is 36.4 cm³/mol. The van der Waals surface area contributed by atoms with Gasteiger partial charge in [0.25, 0.3) is 0 Å². The van der Waals surface area contributed by atoms with Crippen molar-refractivity contribution in [3.05, 3.63) is 0 Å². The SMILES string of the molecule is COC(=O)C(CO)CC(N)=O. The van der Waals surface area contributed by atoms with E-state index in [1.54, 1.807) is 0 Å². The summed E-state index contributed by atoms with van der Waals surface area (Å²) in [7, 11) is 1.19. The van der Waals surface area contributed by atoms with Gasteiger partial charge in [-0.2, -0.15) is 0 Å². The van der Waals surface area contributed by atoms with Crippen LogP contribution in [0.25, 0.3) is 0 Å². The number of hydrogen-bond donors (Lipinski definition) is 2. The van der Waals surface area contributed by atoms with Crippen LogP contribution in [-0.2, 0) is 14.3 Å². The summed E-state index contributed by atoms with van der Waals surface area (Å²) in [4.78, 5) is 21.0. The van der Waals surface area contributed by atoms with E-state index in [2.05, 4.69) is 4.74 Å². The normalized spacial score (nSPS) is 12.2. The van der Waals surface area contributed by atoms with Crippen molar-refractivity contribution in [2.24, 2.45) is 11.7 Å². The van der Waals surface area contributed by atoms with Gasteiger partial charge in [0.15, 0.2) is 0 Å². The molecule has 64 valence electrons. The standard InChI is InChI=1S/C6H11NO4/c1-11-6(10)4(3-8)2-5(7)9/h4,8H,2-3H2,1H3,(H2,7,9). The number of carbonyl (C=O) groups excluding carboxylic acids is 2. The first-order chi connectivity index (χ1) is 5.11. The van der Waals surface area contributed by atoms with Gasteiger partial charge in [-0.25, -0.2) is 0 Å². The van der Waals surface area contributed by atoms with E-state index in [1.165, 1.54) is 7.11 Å². The highest BCUT2D eigenvalue weighted by Gasteiger charge is 2.19. The monoisotopic (exact) mass is 161 g/mol. The van der Waals surface area contributed by atoms with Crippen molar-refractivity contribution >= 4 is 11.9 Å². The van der Waals surface area contributed by atoms with E-state index in [-0.39, 0.29) is 6.42 Å². The largest absolute Gasteiger partial charge is 0.469 e. The molecule has 0 aromatic heterocycles. The fourth-order valence-corrected chi connectivity index (χ4v) is 0.632. The van der Waals surface area contributed by atoms with Crippen LogP contribution in [-0.4, -0.2) is 30.7 Å². The second-order valence-electron chi connectivity index (χ2n) is 2.07. The number of ether oxygens (including phenoxy) is 1. The number of carbonyl (C=O) groups is 2. The third kappa shape index (κ3) is 3.57. The lowest BCUT2D eigenvalue weighted by Gasteiger charge is -2.07. The molecule has 0 spiro atoms. The molecule has 0 saturated carbocycles. The summed E-state index contributed by atoms with van der Waals surface area (Å²) < 4.78 is 4.30. The van der Waals surface area contributed by atoms with Crippen LogP contribution in [0.2, 0.25) is 0 Å². The van der Waals surface area contributed by atoms with Crippen molar-refractivity contribution in [1.82, 2.24) is 0 Å². The summed E-state index contributed by atoms with van der Waals surface area (Å²) >= 11 is 0. The van der Waals surface area contributed by atoms with Gasteiger partial charge in [0.05, 0.1) is 19.6 Å². The van der Waals surface area contributed by atoms with Gasteiger partial charge in [0.1, 0.15) is 0 Å². The van der Waals surface area contributed by atoms with Gasteiger partial charge in [-0.05, 0) is 0 Å². The Bertz CT molecular complexity index is 157. The highest BCUT2D eigenvalue weighted by atomic mass is 16.5. The van der Waals surface area contributed by atoms with Gasteiger partial charge in [-0.3, -0.25) is 9.59 Å². The maximum atomic E-state index is 10.7. The number of esters is 1. The summed E-state index contributed by atoms with van der Waals surface area (Å²) in [6.07, 6.45) is -0.177. The molecule has 0 fully saturated rings. The van der Waals surface area contributed by atoms with Crippen molar-refractivity contribution < 1.29 is 19.4 Å². The summed E-state index contributed by atoms with van der Waals surface area (Å²) in [5.74, 6) is -2.07. The van der Waals surface area contributed by atoms with Crippen molar-refractivity contribution in [3.63, 3.8) is 0 Å². The molecular weight excluding hydrogens is 150 g/mol. The first-order valence-electron chi connectivity index (χ1n) is 3.08. The molecular formula is C6H11NO4. The predicted octanol–water partition coefficient (Wildman–Crippen LogP) is -1.36. The van der Waals surface area contributed by atoms with E-state index in [4.69, 9.17) is 10.8 Å². The maximum Gasteiger partial charge on any atom is 0.311 e. The Hall–Kier alpha value is -1.10. The zero-order chi connectivity index (χ0) is 8.85. The van der Waals surface area contributed by atoms with Gasteiger partial charge in [0, 0.05) is 6.42 Å². The van der Waals surface area contributed by atoms with Gasteiger partial charge in [-0.1, -0.05) is 0 Å². The fraction of sp³-hybridized carbons (Fsp3) is 0.667. The van der Waals surface area contributed by atoms with Gasteiger partial charge < -0.3 is 15.6 Å². The van der Waals surface area contributed by atoms with Gasteiger partial charge in [-0.15, -0.1) is 0 Å². The number of aliphatic hydroxyl groups is 1. The molecule has 0 bridgehead atoms. The minimum atomic E-state index is -0.822. The molecule has 0 aliphatic carbocycles. The molecule has 0 aliphatic heterocycles. The first-order valence-corrected chi connectivity index (χ1v) is 3.08. The summed E-state index contributed by atoms with van der Waals surface area (Å²) in [5.41, 5.74) is 4.80. The first kappa shape index (κ1) is 9.90. The zero-order valence-corrected chi connectivity index (χ0v) is 6.24. The minimum Gasteiger partial charge on any atom is -0.469 e. The second-order valence-corrected chi connectivity index (χ2v) is 2.07. The number of rotatable bonds is 4. The number of nitrogens with two attached hydrogens (primary N) is 1. The summed E-state index contributed by atoms with van der Waals surface area (Å²) in [6, 6.07) is 0. The average Bonchev–Trinajstić information content (AvgIpc) is 1.98. The van der Waals surface area contributed by atoms with Crippen LogP contribution in [0.15, 0.2) is 0 Å². The Morgan fingerprint density at radius 1 is 1.64 bits per heavy atom. The zero-order valence-electron chi connectivity index (χ0n) is 6.24. The topological polar surface area (TPSA) is 89.6 Å². The Morgan fingerprint density at radius 3 is 2.45 bits per heavy atom. The van der Waals surface area contributed by atoms with Crippen LogP contribution < -0.4 is 5.73 Å². The highest BCUT2D eigenvalue weighted by molar-refractivity contribution is 5.81. The van der Waals surface area contributed by atoms with E-state index in [0.29, 0.717) is 0 Å². The Kier molecular flexibility index (Phi) is 4.21. The summed E-state index contributed by atoms with van der Waals surface area (Å²) in [5, 5.41) is 8.57. The number of aliphatic hydroxyl groups excluding tert-OH is 1. The van der Waals surface area contributed by atoms with Crippen LogP contribution in [0.3, 0.4) is 0 Å². The third-order valence-electron chi connectivity index (χ3n) is 1.20. The molecule has 3 N–H and O–H groups in total. The smallest absolute Gasteiger partial charge is 0.311 e. The van der Waals surface area contributed by atoms with Crippen LogP contribution >= 0.6 is 0 Å². The maximum absolute atomic E-state index is 10.7. The number of primary amides is 1. The van der Waals surface area contributed by atoms with E-state index >= 15 is 0 Å².